The van der Waals surface area contributed by atoms with Gasteiger partial charge < -0.3 is 19.9 Å². The van der Waals surface area contributed by atoms with E-state index in [2.05, 4.69) is 0 Å². The number of likely N-dealkylation sites (tertiary alicyclic amines) is 1. The fourth-order valence-corrected chi connectivity index (χ4v) is 3.03. The van der Waals surface area contributed by atoms with Crippen LogP contribution in [0.1, 0.15) is 17.9 Å². The third-order valence-electron chi connectivity index (χ3n) is 4.06. The lowest BCUT2D eigenvalue weighted by molar-refractivity contribution is -0.268. The summed E-state index contributed by atoms with van der Waals surface area (Å²) in [6.07, 6.45) is -1.28. The molecule has 20 heavy (non-hydrogen) atoms. The van der Waals surface area contributed by atoms with Gasteiger partial charge in [-0.25, -0.2) is 0 Å². The molecule has 1 fully saturated rings. The largest absolute Gasteiger partial charge is 0.530 e. The van der Waals surface area contributed by atoms with Crippen LogP contribution in [0.15, 0.2) is 42.5 Å². The van der Waals surface area contributed by atoms with E-state index in [-0.39, 0.29) is 12.5 Å². The Hall–Kier alpha value is -2.07. The van der Waals surface area contributed by atoms with Crippen LogP contribution in [0, 0.1) is 0 Å². The molecule has 0 aliphatic carbocycles. The van der Waals surface area contributed by atoms with Gasteiger partial charge in [-0.05, 0) is 22.8 Å². The van der Waals surface area contributed by atoms with Crippen molar-refractivity contribution in [3.05, 3.63) is 48.0 Å². The first-order valence-electron chi connectivity index (χ1n) is 6.78. The second-order valence-corrected chi connectivity index (χ2v) is 5.24. The molecule has 1 saturated heterocycles. The summed E-state index contributed by atoms with van der Waals surface area (Å²) < 4.78 is 0. The molecule has 2 aromatic carbocycles. The molecule has 0 bridgehead atoms. The van der Waals surface area contributed by atoms with Crippen LogP contribution < -0.4 is 5.11 Å². The van der Waals surface area contributed by atoms with E-state index >= 15 is 0 Å². The van der Waals surface area contributed by atoms with E-state index in [0.717, 1.165) is 16.3 Å². The van der Waals surface area contributed by atoms with Gasteiger partial charge >= 0.3 is 0 Å². The van der Waals surface area contributed by atoms with Crippen molar-refractivity contribution in [3.63, 3.8) is 0 Å². The van der Waals surface area contributed by atoms with Crippen LogP contribution in [0.2, 0.25) is 0 Å². The number of nitrogens with zero attached hydrogens (tertiary/aromatic N) is 1. The normalized spacial score (nSPS) is 22.9. The number of aliphatic hydroxyl groups excluding tert-OH is 1. The van der Waals surface area contributed by atoms with Gasteiger partial charge in [0.15, 0.2) is 0 Å². The van der Waals surface area contributed by atoms with Crippen LogP contribution in [-0.4, -0.2) is 35.3 Å². The predicted molar refractivity (Wildman–Crippen MR) is 74.3 cm³/mol. The molecule has 1 aliphatic rings. The van der Waals surface area contributed by atoms with Gasteiger partial charge in [0.1, 0.15) is 6.09 Å². The standard InChI is InChI=1S/C16H17NO3/c18-15-10-17(16(19)20)9-8-14(15)13-7-3-5-11-4-1-2-6-12(11)13/h1-7,14-15,18H,8-10H2,(H,19,20)/p-1. The highest BCUT2D eigenvalue weighted by molar-refractivity contribution is 5.86. The Morgan fingerprint density at radius 1 is 1.20 bits per heavy atom. The summed E-state index contributed by atoms with van der Waals surface area (Å²) in [6.45, 7) is 0.531. The third kappa shape index (κ3) is 2.23. The topological polar surface area (TPSA) is 63.6 Å². The maximum Gasteiger partial charge on any atom is 0.137 e. The van der Waals surface area contributed by atoms with Gasteiger partial charge in [-0.15, -0.1) is 0 Å². The highest BCUT2D eigenvalue weighted by Gasteiger charge is 2.29. The number of benzene rings is 2. The van der Waals surface area contributed by atoms with E-state index in [0.29, 0.717) is 13.0 Å². The molecule has 2 atom stereocenters. The molecule has 4 heteroatoms. The molecule has 2 aromatic rings. The van der Waals surface area contributed by atoms with Crippen molar-refractivity contribution in [3.8, 4) is 0 Å². The Morgan fingerprint density at radius 2 is 1.95 bits per heavy atom. The lowest BCUT2D eigenvalue weighted by Crippen LogP contribution is -2.50. The van der Waals surface area contributed by atoms with Crippen LogP contribution in [0.3, 0.4) is 0 Å². The van der Waals surface area contributed by atoms with E-state index in [9.17, 15) is 15.0 Å². The molecule has 0 spiro atoms. The fourth-order valence-electron chi connectivity index (χ4n) is 3.03. The monoisotopic (exact) mass is 270 g/mol. The van der Waals surface area contributed by atoms with Gasteiger partial charge in [0, 0.05) is 19.0 Å². The van der Waals surface area contributed by atoms with E-state index in [1.807, 2.05) is 42.5 Å². The number of piperidine rings is 1. The van der Waals surface area contributed by atoms with Gasteiger partial charge in [-0.3, -0.25) is 0 Å². The summed E-state index contributed by atoms with van der Waals surface area (Å²) in [7, 11) is 0. The number of hydrogen-bond acceptors (Lipinski definition) is 3. The molecule has 0 saturated carbocycles. The highest BCUT2D eigenvalue weighted by Crippen LogP contribution is 2.33. The molecule has 0 aromatic heterocycles. The lowest BCUT2D eigenvalue weighted by Gasteiger charge is -2.37. The average molecular weight is 270 g/mol. The van der Waals surface area contributed by atoms with Crippen LogP contribution in [0.4, 0.5) is 4.79 Å². The SMILES string of the molecule is O=C([O-])N1CCC(c2cccc3ccccc23)C(O)C1. The molecule has 104 valence electrons. The zero-order valence-corrected chi connectivity index (χ0v) is 11.0. The average Bonchev–Trinajstić information content (AvgIpc) is 2.46. The Labute approximate surface area is 117 Å². The summed E-state index contributed by atoms with van der Waals surface area (Å²) in [5.74, 6) is -0.0308. The van der Waals surface area contributed by atoms with Gasteiger partial charge in [-0.2, -0.15) is 0 Å². The maximum absolute atomic E-state index is 10.9. The molecule has 1 aliphatic heterocycles. The zero-order valence-electron chi connectivity index (χ0n) is 11.0. The predicted octanol–water partition coefficient (Wildman–Crippen LogP) is 1.33. The van der Waals surface area contributed by atoms with Crippen molar-refractivity contribution in [2.45, 2.75) is 18.4 Å². The van der Waals surface area contributed by atoms with Crippen molar-refractivity contribution in [1.29, 1.82) is 0 Å². The number of hydrogen-bond donors (Lipinski definition) is 1. The van der Waals surface area contributed by atoms with Gasteiger partial charge in [-0.1, -0.05) is 42.5 Å². The third-order valence-corrected chi connectivity index (χ3v) is 4.06. The molecule has 3 rings (SSSR count). The van der Waals surface area contributed by atoms with Crippen LogP contribution >= 0.6 is 0 Å². The Balaban J connectivity index is 1.94. The summed E-state index contributed by atoms with van der Waals surface area (Å²) >= 11 is 0. The molecule has 1 N–H and O–H groups in total. The summed E-state index contributed by atoms with van der Waals surface area (Å²) in [6, 6.07) is 14.1. The molecule has 1 heterocycles. The minimum Gasteiger partial charge on any atom is -0.530 e. The Kier molecular flexibility index (Phi) is 3.32. The molecule has 1 amide bonds. The maximum atomic E-state index is 10.9. The number of aliphatic hydroxyl groups is 1. The Bertz CT molecular complexity index is 635. The number of carbonyl (C=O) groups is 1. The number of β-amino-alcohol motifs (C(OH)–C–C–N with tert-alkyl or cyclic N) is 1. The van der Waals surface area contributed by atoms with Gasteiger partial charge in [0.05, 0.1) is 6.10 Å². The first kappa shape index (κ1) is 12.9. The van der Waals surface area contributed by atoms with Crippen molar-refractivity contribution < 1.29 is 15.0 Å². The highest BCUT2D eigenvalue weighted by atomic mass is 16.4. The molecule has 4 nitrogen and oxygen atoms in total. The second kappa shape index (κ2) is 5.13. The number of carbonyl (C=O) groups excluding carboxylic acids is 1. The van der Waals surface area contributed by atoms with E-state index in [1.54, 1.807) is 0 Å². The van der Waals surface area contributed by atoms with Crippen LogP contribution in [-0.2, 0) is 0 Å². The number of carboxylic acid groups (broad SMARTS) is 1. The number of amides is 1. The minimum absolute atomic E-state index is 0.0308. The first-order valence-corrected chi connectivity index (χ1v) is 6.78. The summed E-state index contributed by atoms with van der Waals surface area (Å²) in [4.78, 5) is 12.0. The first-order chi connectivity index (χ1) is 9.66. The second-order valence-electron chi connectivity index (χ2n) is 5.24. The van der Waals surface area contributed by atoms with E-state index in [1.165, 1.54) is 4.90 Å². The van der Waals surface area contributed by atoms with Crippen LogP contribution in [0.25, 0.3) is 10.8 Å². The fraction of sp³-hybridized carbons (Fsp3) is 0.312. The summed E-state index contributed by atoms with van der Waals surface area (Å²) in [5.41, 5.74) is 1.09. The van der Waals surface area contributed by atoms with Crippen LogP contribution in [0.5, 0.6) is 0 Å². The Morgan fingerprint density at radius 3 is 2.70 bits per heavy atom. The van der Waals surface area contributed by atoms with E-state index < -0.39 is 12.2 Å². The minimum atomic E-state index is -1.21. The molecular formula is C16H16NO3-. The van der Waals surface area contributed by atoms with Crippen molar-refractivity contribution in [2.75, 3.05) is 13.1 Å². The molecular weight excluding hydrogens is 254 g/mol. The molecule has 2 unspecified atom stereocenters. The smallest absolute Gasteiger partial charge is 0.137 e. The number of rotatable bonds is 1. The van der Waals surface area contributed by atoms with Crippen molar-refractivity contribution in [1.82, 2.24) is 4.90 Å². The summed E-state index contributed by atoms with van der Waals surface area (Å²) in [5, 5.41) is 23.4. The van der Waals surface area contributed by atoms with Gasteiger partial charge in [0.2, 0.25) is 0 Å². The lowest BCUT2D eigenvalue weighted by atomic mass is 9.84. The van der Waals surface area contributed by atoms with Crippen molar-refractivity contribution in [2.24, 2.45) is 0 Å². The molecule has 0 radical (unpaired) electrons. The van der Waals surface area contributed by atoms with Crippen molar-refractivity contribution >= 4 is 16.9 Å². The zero-order chi connectivity index (χ0) is 14.1. The quantitative estimate of drug-likeness (QED) is 0.850. The number of fused-ring (bicyclic) bond motifs is 1. The van der Waals surface area contributed by atoms with E-state index in [4.69, 9.17) is 0 Å². The van der Waals surface area contributed by atoms with Gasteiger partial charge in [0.25, 0.3) is 0 Å².